The summed E-state index contributed by atoms with van der Waals surface area (Å²) in [5, 5.41) is 6.45. The van der Waals surface area contributed by atoms with Crippen molar-refractivity contribution in [1.29, 1.82) is 0 Å². The van der Waals surface area contributed by atoms with E-state index in [1.54, 1.807) is 0 Å². The third-order valence-electron chi connectivity index (χ3n) is 1.90. The van der Waals surface area contributed by atoms with E-state index in [-0.39, 0.29) is 5.82 Å². The zero-order valence-electron chi connectivity index (χ0n) is 7.06. The molecule has 0 bridgehead atoms. The highest BCUT2D eigenvalue weighted by atomic mass is 16.5. The maximum Gasteiger partial charge on any atom is 0.245 e. The number of carbonyl (C=O) groups excluding carboxylic acids is 1. The second kappa shape index (κ2) is 3.53. The Morgan fingerprint density at radius 1 is 1.46 bits per heavy atom. The van der Waals surface area contributed by atoms with Crippen LogP contribution in [0.1, 0.15) is 10.6 Å². The summed E-state index contributed by atoms with van der Waals surface area (Å²) in [6, 6.07) is 0. The van der Waals surface area contributed by atoms with E-state index in [9.17, 15) is 4.79 Å². The average Bonchev–Trinajstić information content (AvgIpc) is 2.67. The van der Waals surface area contributed by atoms with E-state index in [0.717, 1.165) is 13.1 Å². The molecule has 1 aromatic heterocycles. The normalized spacial score (nSPS) is 17.4. The molecule has 6 nitrogen and oxygen atoms in total. The molecule has 1 aliphatic heterocycles. The number of aldehydes is 1. The van der Waals surface area contributed by atoms with Gasteiger partial charge in [0.1, 0.15) is 0 Å². The van der Waals surface area contributed by atoms with Gasteiger partial charge in [0, 0.05) is 13.1 Å². The minimum absolute atomic E-state index is 0.265. The molecular weight excluding hydrogens is 172 g/mol. The van der Waals surface area contributed by atoms with E-state index in [0.29, 0.717) is 25.4 Å². The van der Waals surface area contributed by atoms with Crippen molar-refractivity contribution < 1.29 is 9.53 Å². The van der Waals surface area contributed by atoms with Crippen molar-refractivity contribution in [3.05, 3.63) is 5.82 Å². The molecule has 70 valence electrons. The van der Waals surface area contributed by atoms with Gasteiger partial charge in [-0.15, -0.1) is 5.10 Å². The largest absolute Gasteiger partial charge is 0.378 e. The first-order valence-corrected chi connectivity index (χ1v) is 4.10. The predicted molar refractivity (Wildman–Crippen MR) is 44.8 cm³/mol. The Labute approximate surface area is 74.9 Å². The van der Waals surface area contributed by atoms with Gasteiger partial charge in [-0.3, -0.25) is 9.89 Å². The number of anilines is 1. The van der Waals surface area contributed by atoms with Crippen LogP contribution < -0.4 is 4.90 Å². The van der Waals surface area contributed by atoms with E-state index in [1.165, 1.54) is 0 Å². The van der Waals surface area contributed by atoms with Crippen molar-refractivity contribution in [2.24, 2.45) is 0 Å². The molecule has 1 aliphatic rings. The van der Waals surface area contributed by atoms with Crippen LogP contribution in [0.25, 0.3) is 0 Å². The van der Waals surface area contributed by atoms with Crippen molar-refractivity contribution in [2.45, 2.75) is 0 Å². The van der Waals surface area contributed by atoms with Gasteiger partial charge in [0.25, 0.3) is 0 Å². The van der Waals surface area contributed by atoms with Crippen LogP contribution in [0.2, 0.25) is 0 Å². The number of morpholine rings is 1. The smallest absolute Gasteiger partial charge is 0.245 e. The van der Waals surface area contributed by atoms with Gasteiger partial charge in [-0.2, -0.15) is 4.98 Å². The third kappa shape index (κ3) is 1.67. The van der Waals surface area contributed by atoms with E-state index in [4.69, 9.17) is 4.74 Å². The fourth-order valence-electron chi connectivity index (χ4n) is 1.22. The Hall–Kier alpha value is -1.43. The van der Waals surface area contributed by atoms with E-state index in [1.807, 2.05) is 4.90 Å². The van der Waals surface area contributed by atoms with E-state index >= 15 is 0 Å². The van der Waals surface area contributed by atoms with E-state index in [2.05, 4.69) is 15.2 Å². The summed E-state index contributed by atoms with van der Waals surface area (Å²) in [5.74, 6) is 0.840. The molecule has 6 heteroatoms. The van der Waals surface area contributed by atoms with Crippen molar-refractivity contribution in [2.75, 3.05) is 31.2 Å². The number of hydrogen-bond donors (Lipinski definition) is 1. The number of hydrogen-bond acceptors (Lipinski definition) is 5. The molecule has 0 saturated carbocycles. The Bertz CT molecular complexity index is 292. The van der Waals surface area contributed by atoms with Crippen LogP contribution in [0.4, 0.5) is 5.95 Å². The SMILES string of the molecule is O=Cc1nc(N2CCOCC2)n[nH]1. The molecule has 1 saturated heterocycles. The van der Waals surface area contributed by atoms with Crippen LogP contribution in [0.15, 0.2) is 0 Å². The molecule has 0 aromatic carbocycles. The standard InChI is InChI=1S/C7H10N4O2/c12-5-6-8-7(10-9-6)11-1-3-13-4-2-11/h5H,1-4H2,(H,8,9,10). The number of rotatable bonds is 2. The van der Waals surface area contributed by atoms with Crippen LogP contribution in [0, 0.1) is 0 Å². The molecule has 0 unspecified atom stereocenters. The molecule has 13 heavy (non-hydrogen) atoms. The Kier molecular flexibility index (Phi) is 2.22. The van der Waals surface area contributed by atoms with Crippen LogP contribution in [0.3, 0.4) is 0 Å². The molecular formula is C7H10N4O2. The Morgan fingerprint density at radius 3 is 2.85 bits per heavy atom. The van der Waals surface area contributed by atoms with Crippen molar-refractivity contribution in [1.82, 2.24) is 15.2 Å². The Morgan fingerprint density at radius 2 is 2.23 bits per heavy atom. The zero-order valence-corrected chi connectivity index (χ0v) is 7.06. The summed E-state index contributed by atoms with van der Waals surface area (Å²) in [7, 11) is 0. The minimum Gasteiger partial charge on any atom is -0.378 e. The molecule has 1 fully saturated rings. The van der Waals surface area contributed by atoms with E-state index < -0.39 is 0 Å². The first-order valence-electron chi connectivity index (χ1n) is 4.10. The molecule has 2 rings (SSSR count). The number of H-pyrrole nitrogens is 1. The molecule has 0 radical (unpaired) electrons. The van der Waals surface area contributed by atoms with Crippen molar-refractivity contribution in [3.8, 4) is 0 Å². The quantitative estimate of drug-likeness (QED) is 0.621. The maximum absolute atomic E-state index is 10.3. The van der Waals surface area contributed by atoms with Gasteiger partial charge in [-0.05, 0) is 0 Å². The highest BCUT2D eigenvalue weighted by Gasteiger charge is 2.14. The predicted octanol–water partition coefficient (Wildman–Crippen LogP) is -0.546. The molecule has 0 aliphatic carbocycles. The second-order valence-corrected chi connectivity index (χ2v) is 2.74. The lowest BCUT2D eigenvalue weighted by Crippen LogP contribution is -2.36. The highest BCUT2D eigenvalue weighted by molar-refractivity contribution is 5.69. The summed E-state index contributed by atoms with van der Waals surface area (Å²) >= 11 is 0. The number of aromatic nitrogens is 3. The van der Waals surface area contributed by atoms with Crippen LogP contribution in [-0.4, -0.2) is 47.8 Å². The topological polar surface area (TPSA) is 71.1 Å². The first kappa shape index (κ1) is 8.18. The Balaban J connectivity index is 2.09. The van der Waals surface area contributed by atoms with Gasteiger partial charge in [0.15, 0.2) is 12.1 Å². The molecule has 1 N–H and O–H groups in total. The fourth-order valence-corrected chi connectivity index (χ4v) is 1.22. The highest BCUT2D eigenvalue weighted by Crippen LogP contribution is 2.07. The average molecular weight is 182 g/mol. The summed E-state index contributed by atoms with van der Waals surface area (Å²) < 4.78 is 5.18. The van der Waals surface area contributed by atoms with Gasteiger partial charge in [0.05, 0.1) is 13.2 Å². The molecule has 2 heterocycles. The summed E-state index contributed by atoms with van der Waals surface area (Å²) in [6.07, 6.45) is 0.650. The molecule has 1 aromatic rings. The molecule has 0 spiro atoms. The lowest BCUT2D eigenvalue weighted by molar-refractivity contribution is 0.111. The molecule has 0 atom stereocenters. The van der Waals surface area contributed by atoms with Crippen LogP contribution >= 0.6 is 0 Å². The maximum atomic E-state index is 10.3. The van der Waals surface area contributed by atoms with Crippen molar-refractivity contribution in [3.63, 3.8) is 0 Å². The number of nitrogens with one attached hydrogen (secondary N) is 1. The fraction of sp³-hybridized carbons (Fsp3) is 0.571. The van der Waals surface area contributed by atoms with Gasteiger partial charge >= 0.3 is 0 Å². The second-order valence-electron chi connectivity index (χ2n) is 2.74. The minimum atomic E-state index is 0.265. The van der Waals surface area contributed by atoms with Gasteiger partial charge < -0.3 is 9.64 Å². The van der Waals surface area contributed by atoms with Crippen LogP contribution in [0.5, 0.6) is 0 Å². The van der Waals surface area contributed by atoms with Gasteiger partial charge in [-0.25, -0.2) is 0 Å². The van der Waals surface area contributed by atoms with Crippen LogP contribution in [-0.2, 0) is 4.74 Å². The number of carbonyl (C=O) groups is 1. The summed E-state index contributed by atoms with van der Waals surface area (Å²) in [5.41, 5.74) is 0. The van der Waals surface area contributed by atoms with Gasteiger partial charge in [0.2, 0.25) is 5.95 Å². The number of ether oxygens (including phenoxy) is 1. The summed E-state index contributed by atoms with van der Waals surface area (Å²) in [4.78, 5) is 16.3. The van der Waals surface area contributed by atoms with Gasteiger partial charge in [-0.1, -0.05) is 0 Å². The zero-order chi connectivity index (χ0) is 9.10. The number of nitrogens with zero attached hydrogens (tertiary/aromatic N) is 3. The monoisotopic (exact) mass is 182 g/mol. The first-order chi connectivity index (χ1) is 6.40. The third-order valence-corrected chi connectivity index (χ3v) is 1.90. The lowest BCUT2D eigenvalue weighted by Gasteiger charge is -2.25. The summed E-state index contributed by atoms with van der Waals surface area (Å²) in [6.45, 7) is 2.92. The van der Waals surface area contributed by atoms with Crippen molar-refractivity contribution >= 4 is 12.2 Å². The lowest BCUT2D eigenvalue weighted by atomic mass is 10.4. The molecule has 0 amide bonds. The number of aromatic amines is 1.